The monoisotopic (exact) mass is 376 g/mol. The zero-order valence-electron chi connectivity index (χ0n) is 13.4. The van der Waals surface area contributed by atoms with Crippen LogP contribution in [0, 0.1) is 6.92 Å². The van der Waals surface area contributed by atoms with Gasteiger partial charge < -0.3 is 14.1 Å². The Morgan fingerprint density at radius 2 is 2.12 bits per heavy atom. The van der Waals surface area contributed by atoms with Crippen LogP contribution in [0.2, 0.25) is 0 Å². The number of ether oxygens (including phenoxy) is 1. The first-order chi connectivity index (χ1) is 11.7. The molecule has 2 rings (SSSR count). The van der Waals surface area contributed by atoms with Crippen molar-refractivity contribution >= 4 is 23.2 Å². The molecule has 6 nitrogen and oxygen atoms in total. The van der Waals surface area contributed by atoms with Crippen LogP contribution in [0.4, 0.5) is 13.2 Å². The van der Waals surface area contributed by atoms with E-state index in [-0.39, 0.29) is 12.3 Å². The molecule has 0 bridgehead atoms. The molecular formula is C15H15F3N2O4S. The molecular weight excluding hydrogens is 361 g/mol. The Morgan fingerprint density at radius 1 is 1.40 bits per heavy atom. The molecule has 0 saturated heterocycles. The first kappa shape index (κ1) is 19.0. The predicted octanol–water partition coefficient (Wildman–Crippen LogP) is 3.28. The lowest BCUT2D eigenvalue weighted by atomic mass is 10.3. The van der Waals surface area contributed by atoms with Gasteiger partial charge in [-0.1, -0.05) is 0 Å². The molecule has 2 aromatic rings. The number of nitrogens with zero attached hydrogens (tertiary/aromatic N) is 2. The molecule has 1 amide bonds. The van der Waals surface area contributed by atoms with E-state index >= 15 is 0 Å². The number of esters is 1. The fourth-order valence-electron chi connectivity index (χ4n) is 2.03. The number of aryl methyl sites for hydroxylation is 1. The Bertz CT molecular complexity index is 741. The molecule has 2 aromatic heterocycles. The highest BCUT2D eigenvalue weighted by atomic mass is 32.1. The summed E-state index contributed by atoms with van der Waals surface area (Å²) in [7, 11) is 0. The molecule has 0 aliphatic rings. The van der Waals surface area contributed by atoms with Crippen molar-refractivity contribution in [1.29, 1.82) is 0 Å². The Kier molecular flexibility index (Phi) is 5.83. The van der Waals surface area contributed by atoms with Crippen LogP contribution >= 0.6 is 11.3 Å². The SMILES string of the molecule is CCOC(=O)CN(CC(F)(F)F)C(=O)c1nc(-c2ccco2)sc1C. The molecule has 0 aliphatic heterocycles. The number of halogens is 3. The standard InChI is InChI=1S/C15H15F3N2O4S/c1-3-23-11(21)7-20(8-15(16,17)18)14(22)12-9(2)25-13(19-12)10-5-4-6-24-10/h4-6H,3,7-8H2,1-2H3. The van der Waals surface area contributed by atoms with Gasteiger partial charge >= 0.3 is 12.1 Å². The zero-order chi connectivity index (χ0) is 18.6. The number of aromatic nitrogens is 1. The van der Waals surface area contributed by atoms with Gasteiger partial charge in [0, 0.05) is 4.88 Å². The van der Waals surface area contributed by atoms with Crippen LogP contribution in [0.3, 0.4) is 0 Å². The molecule has 0 unspecified atom stereocenters. The minimum absolute atomic E-state index is 0.00521. The summed E-state index contributed by atoms with van der Waals surface area (Å²) in [6, 6.07) is 3.25. The van der Waals surface area contributed by atoms with Gasteiger partial charge in [-0.2, -0.15) is 13.2 Å². The first-order valence-electron chi connectivity index (χ1n) is 7.24. The van der Waals surface area contributed by atoms with Crippen LogP contribution < -0.4 is 0 Å². The molecule has 0 N–H and O–H groups in total. The number of hydrogen-bond acceptors (Lipinski definition) is 6. The van der Waals surface area contributed by atoms with Crippen molar-refractivity contribution in [1.82, 2.24) is 9.88 Å². The molecule has 2 heterocycles. The number of alkyl halides is 3. The summed E-state index contributed by atoms with van der Waals surface area (Å²) >= 11 is 1.12. The number of carbonyl (C=O) groups excluding carboxylic acids is 2. The van der Waals surface area contributed by atoms with Gasteiger partial charge in [-0.15, -0.1) is 11.3 Å². The summed E-state index contributed by atoms with van der Waals surface area (Å²) in [6.07, 6.45) is -3.24. The van der Waals surface area contributed by atoms with Crippen molar-refractivity contribution in [2.45, 2.75) is 20.0 Å². The molecule has 0 aliphatic carbocycles. The van der Waals surface area contributed by atoms with Crippen molar-refractivity contribution in [2.75, 3.05) is 19.7 Å². The molecule has 0 saturated carbocycles. The van der Waals surface area contributed by atoms with Crippen molar-refractivity contribution < 1.29 is 31.9 Å². The van der Waals surface area contributed by atoms with E-state index < -0.39 is 31.1 Å². The maximum atomic E-state index is 12.8. The second kappa shape index (κ2) is 7.68. The van der Waals surface area contributed by atoms with Crippen molar-refractivity contribution in [3.63, 3.8) is 0 Å². The second-order valence-electron chi connectivity index (χ2n) is 4.98. The highest BCUT2D eigenvalue weighted by Gasteiger charge is 2.36. The second-order valence-corrected chi connectivity index (χ2v) is 6.19. The minimum Gasteiger partial charge on any atom is -0.465 e. The maximum Gasteiger partial charge on any atom is 0.406 e. The molecule has 0 fully saturated rings. The van der Waals surface area contributed by atoms with Crippen LogP contribution in [-0.2, 0) is 9.53 Å². The topological polar surface area (TPSA) is 72.6 Å². The molecule has 25 heavy (non-hydrogen) atoms. The number of thiazole rings is 1. The summed E-state index contributed by atoms with van der Waals surface area (Å²) in [5.41, 5.74) is -0.148. The van der Waals surface area contributed by atoms with Gasteiger partial charge in [-0.3, -0.25) is 9.59 Å². The van der Waals surface area contributed by atoms with E-state index in [1.54, 1.807) is 19.1 Å². The van der Waals surface area contributed by atoms with Crippen molar-refractivity contribution in [3.05, 3.63) is 29.0 Å². The average Bonchev–Trinajstić information content (AvgIpc) is 3.13. The summed E-state index contributed by atoms with van der Waals surface area (Å²) in [5, 5.41) is 0.369. The molecule has 0 atom stereocenters. The number of hydrogen-bond donors (Lipinski definition) is 0. The number of furan rings is 1. The van der Waals surface area contributed by atoms with Gasteiger partial charge in [0.25, 0.3) is 5.91 Å². The summed E-state index contributed by atoms with van der Waals surface area (Å²) < 4.78 is 48.1. The number of carbonyl (C=O) groups is 2. The third-order valence-electron chi connectivity index (χ3n) is 3.01. The number of amides is 1. The number of rotatable bonds is 6. The fraction of sp³-hybridized carbons (Fsp3) is 0.400. The van der Waals surface area contributed by atoms with E-state index in [0.717, 1.165) is 11.3 Å². The van der Waals surface area contributed by atoms with Crippen molar-refractivity contribution in [2.24, 2.45) is 0 Å². The quantitative estimate of drug-likeness (QED) is 0.724. The van der Waals surface area contributed by atoms with Crippen LogP contribution in [0.5, 0.6) is 0 Å². The van der Waals surface area contributed by atoms with Gasteiger partial charge in [0.05, 0.1) is 12.9 Å². The molecule has 0 radical (unpaired) electrons. The van der Waals surface area contributed by atoms with E-state index in [1.807, 2.05) is 0 Å². The van der Waals surface area contributed by atoms with Crippen LogP contribution in [0.25, 0.3) is 10.8 Å². The lowest BCUT2D eigenvalue weighted by Gasteiger charge is -2.22. The summed E-state index contributed by atoms with van der Waals surface area (Å²) in [5.74, 6) is -1.50. The first-order valence-corrected chi connectivity index (χ1v) is 8.06. The largest absolute Gasteiger partial charge is 0.465 e. The van der Waals surface area contributed by atoms with Gasteiger partial charge in [-0.05, 0) is 26.0 Å². The molecule has 0 spiro atoms. The summed E-state index contributed by atoms with van der Waals surface area (Å²) in [4.78, 5) is 28.9. The molecule has 0 aromatic carbocycles. The molecule has 136 valence electrons. The third-order valence-corrected chi connectivity index (χ3v) is 4.00. The molecule has 10 heteroatoms. The highest BCUT2D eigenvalue weighted by Crippen LogP contribution is 2.29. The summed E-state index contributed by atoms with van der Waals surface area (Å²) in [6.45, 7) is 0.712. The predicted molar refractivity (Wildman–Crippen MR) is 83.1 cm³/mol. The van der Waals surface area contributed by atoms with Crippen LogP contribution in [0.1, 0.15) is 22.3 Å². The van der Waals surface area contributed by atoms with Gasteiger partial charge in [0.2, 0.25) is 0 Å². The lowest BCUT2D eigenvalue weighted by molar-refractivity contribution is -0.153. The van der Waals surface area contributed by atoms with Gasteiger partial charge in [0.1, 0.15) is 18.8 Å². The lowest BCUT2D eigenvalue weighted by Crippen LogP contribution is -2.42. The van der Waals surface area contributed by atoms with E-state index in [4.69, 9.17) is 4.42 Å². The van der Waals surface area contributed by atoms with Gasteiger partial charge in [0.15, 0.2) is 10.8 Å². The minimum atomic E-state index is -4.66. The Morgan fingerprint density at radius 3 is 2.68 bits per heavy atom. The zero-order valence-corrected chi connectivity index (χ0v) is 14.2. The Balaban J connectivity index is 2.27. The van der Waals surface area contributed by atoms with Crippen LogP contribution in [0.15, 0.2) is 22.8 Å². The highest BCUT2D eigenvalue weighted by molar-refractivity contribution is 7.15. The van der Waals surface area contributed by atoms with Crippen LogP contribution in [-0.4, -0.2) is 47.6 Å². The van der Waals surface area contributed by atoms with Gasteiger partial charge in [-0.25, -0.2) is 4.98 Å². The van der Waals surface area contributed by atoms with E-state index in [1.165, 1.54) is 13.2 Å². The van der Waals surface area contributed by atoms with E-state index in [0.29, 0.717) is 20.5 Å². The smallest absolute Gasteiger partial charge is 0.406 e. The van der Waals surface area contributed by atoms with E-state index in [9.17, 15) is 22.8 Å². The maximum absolute atomic E-state index is 12.8. The normalized spacial score (nSPS) is 11.4. The Hall–Kier alpha value is -2.36. The van der Waals surface area contributed by atoms with Crippen molar-refractivity contribution in [3.8, 4) is 10.8 Å². The Labute approximate surface area is 145 Å². The third kappa shape index (κ3) is 5.05. The van der Waals surface area contributed by atoms with E-state index in [2.05, 4.69) is 9.72 Å². The fourth-order valence-corrected chi connectivity index (χ4v) is 2.90. The average molecular weight is 376 g/mol.